The number of carbonyl (C=O) groups is 3. The molecule has 6 heteroatoms. The van der Waals surface area contributed by atoms with E-state index in [-0.39, 0.29) is 24.3 Å². The highest BCUT2D eigenvalue weighted by molar-refractivity contribution is 6.10. The third-order valence-corrected chi connectivity index (χ3v) is 5.74. The molecule has 1 saturated heterocycles. The van der Waals surface area contributed by atoms with Crippen LogP contribution in [0.5, 0.6) is 0 Å². The molecule has 3 rings (SSSR count). The minimum absolute atomic E-state index is 0.0855. The van der Waals surface area contributed by atoms with E-state index in [1.54, 1.807) is 0 Å². The predicted molar refractivity (Wildman–Crippen MR) is 99.9 cm³/mol. The summed E-state index contributed by atoms with van der Waals surface area (Å²) in [5.74, 6) is -0.534. The molecular formula is C20H27N3O3. The lowest BCUT2D eigenvalue weighted by Crippen LogP contribution is -2.54. The summed E-state index contributed by atoms with van der Waals surface area (Å²) in [7, 11) is 0. The van der Waals surface area contributed by atoms with E-state index in [0.717, 1.165) is 46.5 Å². The van der Waals surface area contributed by atoms with Crippen LogP contribution in [0.25, 0.3) is 0 Å². The summed E-state index contributed by atoms with van der Waals surface area (Å²) in [4.78, 5) is 38.9. The first-order chi connectivity index (χ1) is 12.2. The highest BCUT2D eigenvalue weighted by Crippen LogP contribution is 2.38. The zero-order valence-corrected chi connectivity index (χ0v) is 15.9. The predicted octanol–water partition coefficient (Wildman–Crippen LogP) is 3.05. The summed E-state index contributed by atoms with van der Waals surface area (Å²) in [5, 5.41) is 5.74. The Morgan fingerprint density at radius 2 is 1.88 bits per heavy atom. The fourth-order valence-corrected chi connectivity index (χ4v) is 4.34. The first-order valence-corrected chi connectivity index (χ1v) is 9.26. The topological polar surface area (TPSA) is 78.5 Å². The number of nitrogens with zero attached hydrogens (tertiary/aromatic N) is 1. The van der Waals surface area contributed by atoms with E-state index < -0.39 is 11.6 Å². The van der Waals surface area contributed by atoms with Gasteiger partial charge in [0.15, 0.2) is 0 Å². The minimum atomic E-state index is -0.828. The second-order valence-electron chi connectivity index (χ2n) is 7.76. The highest BCUT2D eigenvalue weighted by atomic mass is 16.2. The molecule has 1 aliphatic heterocycles. The van der Waals surface area contributed by atoms with Gasteiger partial charge in [0.05, 0.1) is 0 Å². The number of hydrogen-bond donors (Lipinski definition) is 2. The van der Waals surface area contributed by atoms with E-state index in [4.69, 9.17) is 0 Å². The van der Waals surface area contributed by atoms with Crippen LogP contribution < -0.4 is 10.6 Å². The van der Waals surface area contributed by atoms with Gasteiger partial charge in [-0.1, -0.05) is 37.5 Å². The van der Waals surface area contributed by atoms with Crippen molar-refractivity contribution in [1.82, 2.24) is 10.2 Å². The van der Waals surface area contributed by atoms with E-state index in [1.807, 2.05) is 39.8 Å². The van der Waals surface area contributed by atoms with Gasteiger partial charge in [0.2, 0.25) is 5.91 Å². The van der Waals surface area contributed by atoms with E-state index in [2.05, 4.69) is 10.6 Å². The van der Waals surface area contributed by atoms with Gasteiger partial charge in [0.1, 0.15) is 12.1 Å². The quantitative estimate of drug-likeness (QED) is 0.816. The van der Waals surface area contributed by atoms with Gasteiger partial charge in [0.25, 0.3) is 5.91 Å². The molecule has 1 aromatic carbocycles. The molecule has 2 atom stereocenters. The molecule has 6 nitrogen and oxygen atoms in total. The van der Waals surface area contributed by atoms with Crippen LogP contribution in [0.1, 0.15) is 49.3 Å². The van der Waals surface area contributed by atoms with Gasteiger partial charge >= 0.3 is 6.03 Å². The van der Waals surface area contributed by atoms with Gasteiger partial charge in [-0.15, -0.1) is 0 Å². The Labute approximate surface area is 154 Å². The van der Waals surface area contributed by atoms with Gasteiger partial charge in [-0.2, -0.15) is 0 Å². The van der Waals surface area contributed by atoms with Crippen LogP contribution in [0, 0.1) is 26.7 Å². The molecule has 4 amide bonds. The molecule has 0 aromatic heterocycles. The Kier molecular flexibility index (Phi) is 4.78. The molecule has 0 bridgehead atoms. The third kappa shape index (κ3) is 3.08. The first-order valence-electron chi connectivity index (χ1n) is 9.26. The second-order valence-corrected chi connectivity index (χ2v) is 7.76. The van der Waals surface area contributed by atoms with Crippen molar-refractivity contribution in [1.29, 1.82) is 0 Å². The van der Waals surface area contributed by atoms with E-state index in [9.17, 15) is 14.4 Å². The minimum Gasteiger partial charge on any atom is -0.324 e. The molecule has 0 unspecified atom stereocenters. The van der Waals surface area contributed by atoms with E-state index >= 15 is 0 Å². The fourth-order valence-electron chi connectivity index (χ4n) is 4.34. The van der Waals surface area contributed by atoms with Crippen LogP contribution in [0.15, 0.2) is 12.1 Å². The lowest BCUT2D eigenvalue weighted by molar-refractivity contribution is -0.136. The van der Waals surface area contributed by atoms with Crippen molar-refractivity contribution < 1.29 is 14.4 Å². The number of nitrogens with one attached hydrogen (secondary N) is 2. The summed E-state index contributed by atoms with van der Waals surface area (Å²) >= 11 is 0. The van der Waals surface area contributed by atoms with Crippen molar-refractivity contribution in [2.24, 2.45) is 5.92 Å². The Hall–Kier alpha value is -2.37. The van der Waals surface area contributed by atoms with Crippen molar-refractivity contribution in [2.75, 3.05) is 11.9 Å². The highest BCUT2D eigenvalue weighted by Gasteiger charge is 2.55. The third-order valence-electron chi connectivity index (χ3n) is 5.74. The molecule has 2 aliphatic rings. The van der Waals surface area contributed by atoms with E-state index in [0.29, 0.717) is 6.42 Å². The molecule has 1 saturated carbocycles. The van der Waals surface area contributed by atoms with Crippen LogP contribution in [0.2, 0.25) is 0 Å². The summed E-state index contributed by atoms with van der Waals surface area (Å²) < 4.78 is 0. The zero-order valence-electron chi connectivity index (χ0n) is 15.9. The normalized spacial score (nSPS) is 25.5. The lowest BCUT2D eigenvalue weighted by atomic mass is 9.73. The van der Waals surface area contributed by atoms with E-state index in [1.165, 1.54) is 0 Å². The van der Waals surface area contributed by atoms with Gasteiger partial charge < -0.3 is 10.6 Å². The second kappa shape index (κ2) is 6.74. The Morgan fingerprint density at radius 1 is 1.23 bits per heavy atom. The van der Waals surface area contributed by atoms with Crippen LogP contribution in [-0.4, -0.2) is 34.8 Å². The number of anilines is 1. The number of hydrogen-bond acceptors (Lipinski definition) is 3. The first kappa shape index (κ1) is 18.4. The SMILES string of the molecule is Cc1cc(C)c(NC(=O)CN2C(=O)N[C@]3(CCCC[C@H]3C)C2=O)c(C)c1. The van der Waals surface area contributed by atoms with Crippen molar-refractivity contribution in [3.63, 3.8) is 0 Å². The van der Waals surface area contributed by atoms with Crippen molar-refractivity contribution in [3.05, 3.63) is 28.8 Å². The Balaban J connectivity index is 1.74. The van der Waals surface area contributed by atoms with Crippen LogP contribution in [-0.2, 0) is 9.59 Å². The van der Waals surface area contributed by atoms with Crippen molar-refractivity contribution in [2.45, 2.75) is 58.9 Å². The lowest BCUT2D eigenvalue weighted by Gasteiger charge is -2.36. The number of aryl methyl sites for hydroxylation is 3. The molecule has 140 valence electrons. The van der Waals surface area contributed by atoms with Crippen LogP contribution in [0.4, 0.5) is 10.5 Å². The van der Waals surface area contributed by atoms with Crippen LogP contribution in [0.3, 0.4) is 0 Å². The molecule has 2 fully saturated rings. The number of rotatable bonds is 3. The van der Waals surface area contributed by atoms with Crippen molar-refractivity contribution >= 4 is 23.5 Å². The number of amides is 4. The zero-order chi connectivity index (χ0) is 19.1. The van der Waals surface area contributed by atoms with Gasteiger partial charge in [0, 0.05) is 5.69 Å². The Bertz CT molecular complexity index is 751. The molecule has 1 aliphatic carbocycles. The molecule has 1 spiro atoms. The number of urea groups is 1. The summed E-state index contributed by atoms with van der Waals surface area (Å²) in [5.41, 5.74) is 2.97. The maximum absolute atomic E-state index is 12.9. The molecule has 1 aromatic rings. The maximum Gasteiger partial charge on any atom is 0.325 e. The molecule has 0 radical (unpaired) electrons. The summed E-state index contributed by atoms with van der Waals surface area (Å²) in [6, 6.07) is 3.53. The van der Waals surface area contributed by atoms with Gasteiger partial charge in [-0.25, -0.2) is 4.79 Å². The number of carbonyl (C=O) groups excluding carboxylic acids is 3. The standard InChI is InChI=1S/C20H27N3O3/c1-12-9-13(2)17(14(3)10-12)21-16(24)11-23-18(25)20(22-19(23)26)8-6-5-7-15(20)4/h9-10,15H,5-8,11H2,1-4H3,(H,21,24)(H,22,26)/t15-,20+/m1/s1. The average Bonchev–Trinajstić information content (AvgIpc) is 2.79. The number of imide groups is 1. The fraction of sp³-hybridized carbons (Fsp3) is 0.550. The molecule has 26 heavy (non-hydrogen) atoms. The smallest absolute Gasteiger partial charge is 0.324 e. The molecular weight excluding hydrogens is 330 g/mol. The van der Waals surface area contributed by atoms with Gasteiger partial charge in [-0.3, -0.25) is 14.5 Å². The van der Waals surface area contributed by atoms with Gasteiger partial charge in [-0.05, 0) is 50.7 Å². The molecule has 1 heterocycles. The van der Waals surface area contributed by atoms with Crippen molar-refractivity contribution in [3.8, 4) is 0 Å². The summed E-state index contributed by atoms with van der Waals surface area (Å²) in [6.45, 7) is 7.61. The summed E-state index contributed by atoms with van der Waals surface area (Å²) in [6.07, 6.45) is 3.54. The largest absolute Gasteiger partial charge is 0.325 e. The number of benzene rings is 1. The average molecular weight is 357 g/mol. The molecule has 2 N–H and O–H groups in total. The monoisotopic (exact) mass is 357 g/mol. The maximum atomic E-state index is 12.9. The Morgan fingerprint density at radius 3 is 2.50 bits per heavy atom. The van der Waals surface area contributed by atoms with Crippen LogP contribution >= 0.6 is 0 Å².